The summed E-state index contributed by atoms with van der Waals surface area (Å²) in [7, 11) is 0. The Morgan fingerprint density at radius 2 is 1.81 bits per heavy atom. The predicted molar refractivity (Wildman–Crippen MR) is 59.7 cm³/mol. The number of rotatable bonds is 7. The van der Waals surface area contributed by atoms with E-state index in [1.165, 1.54) is 0 Å². The minimum absolute atomic E-state index is 0.00727. The SMILES string of the molecule is CCCC(NC(=O)O)C(CC)CNC(=O)O. The van der Waals surface area contributed by atoms with Crippen molar-refractivity contribution in [2.45, 2.75) is 39.2 Å². The zero-order valence-corrected chi connectivity index (χ0v) is 9.69. The van der Waals surface area contributed by atoms with Gasteiger partial charge in [-0.3, -0.25) is 0 Å². The van der Waals surface area contributed by atoms with Gasteiger partial charge in [-0.05, 0) is 18.8 Å². The fraction of sp³-hybridized carbons (Fsp3) is 0.800. The van der Waals surface area contributed by atoms with Gasteiger partial charge in [-0.25, -0.2) is 9.59 Å². The van der Waals surface area contributed by atoms with Gasteiger partial charge in [0.25, 0.3) is 0 Å². The Hall–Kier alpha value is -1.46. The van der Waals surface area contributed by atoms with Crippen molar-refractivity contribution in [2.75, 3.05) is 6.54 Å². The normalized spacial score (nSPS) is 13.9. The minimum Gasteiger partial charge on any atom is -0.465 e. The zero-order valence-electron chi connectivity index (χ0n) is 9.69. The van der Waals surface area contributed by atoms with Gasteiger partial charge in [0.15, 0.2) is 0 Å². The summed E-state index contributed by atoms with van der Waals surface area (Å²) in [5.41, 5.74) is 0. The second-order valence-electron chi connectivity index (χ2n) is 3.70. The van der Waals surface area contributed by atoms with E-state index in [0.717, 1.165) is 12.8 Å². The van der Waals surface area contributed by atoms with Crippen molar-refractivity contribution in [1.82, 2.24) is 10.6 Å². The zero-order chi connectivity index (χ0) is 12.6. The number of carboxylic acid groups (broad SMARTS) is 2. The lowest BCUT2D eigenvalue weighted by Gasteiger charge is -2.25. The summed E-state index contributed by atoms with van der Waals surface area (Å²) >= 11 is 0. The molecule has 6 heteroatoms. The van der Waals surface area contributed by atoms with Crippen LogP contribution < -0.4 is 10.6 Å². The first kappa shape index (κ1) is 14.5. The van der Waals surface area contributed by atoms with Crippen LogP contribution in [0.5, 0.6) is 0 Å². The molecule has 2 amide bonds. The van der Waals surface area contributed by atoms with Crippen LogP contribution in [0.15, 0.2) is 0 Å². The highest BCUT2D eigenvalue weighted by Gasteiger charge is 2.21. The standard InChI is InChI=1S/C10H20N2O4/c1-3-5-8(12-10(15)16)7(4-2)6-11-9(13)14/h7-8,11-12H,3-6H2,1-2H3,(H,13,14)(H,15,16). The Morgan fingerprint density at radius 3 is 2.19 bits per heavy atom. The first-order chi connectivity index (χ1) is 7.51. The van der Waals surface area contributed by atoms with Crippen LogP contribution in [-0.4, -0.2) is 35.0 Å². The third kappa shape index (κ3) is 6.10. The van der Waals surface area contributed by atoms with Crippen molar-refractivity contribution in [3.8, 4) is 0 Å². The Morgan fingerprint density at radius 1 is 1.19 bits per heavy atom. The summed E-state index contributed by atoms with van der Waals surface area (Å²) < 4.78 is 0. The summed E-state index contributed by atoms with van der Waals surface area (Å²) in [5.74, 6) is -0.00727. The van der Waals surface area contributed by atoms with Crippen LogP contribution in [0.4, 0.5) is 9.59 Å². The Kier molecular flexibility index (Phi) is 7.07. The quantitative estimate of drug-likeness (QED) is 0.537. The monoisotopic (exact) mass is 232 g/mol. The third-order valence-electron chi connectivity index (χ3n) is 2.52. The maximum absolute atomic E-state index is 10.6. The number of amides is 2. The van der Waals surface area contributed by atoms with E-state index in [9.17, 15) is 9.59 Å². The molecule has 0 aromatic heterocycles. The molecule has 0 saturated heterocycles. The third-order valence-corrected chi connectivity index (χ3v) is 2.52. The van der Waals surface area contributed by atoms with E-state index in [4.69, 9.17) is 10.2 Å². The molecule has 0 radical (unpaired) electrons. The molecule has 94 valence electrons. The second-order valence-corrected chi connectivity index (χ2v) is 3.70. The molecule has 0 heterocycles. The number of hydrogen-bond acceptors (Lipinski definition) is 2. The number of hydrogen-bond donors (Lipinski definition) is 4. The van der Waals surface area contributed by atoms with Crippen LogP contribution in [0.1, 0.15) is 33.1 Å². The van der Waals surface area contributed by atoms with Crippen LogP contribution >= 0.6 is 0 Å². The van der Waals surface area contributed by atoms with E-state index in [-0.39, 0.29) is 18.5 Å². The molecular formula is C10H20N2O4. The highest BCUT2D eigenvalue weighted by Crippen LogP contribution is 2.13. The second kappa shape index (κ2) is 7.78. The van der Waals surface area contributed by atoms with E-state index < -0.39 is 12.2 Å². The predicted octanol–water partition coefficient (Wildman–Crippen LogP) is 1.72. The molecule has 0 spiro atoms. The highest BCUT2D eigenvalue weighted by molar-refractivity contribution is 5.65. The molecule has 0 fully saturated rings. The molecule has 0 aliphatic carbocycles. The van der Waals surface area contributed by atoms with Gasteiger partial charge < -0.3 is 20.8 Å². The molecule has 0 aliphatic heterocycles. The van der Waals surface area contributed by atoms with Crippen LogP contribution in [-0.2, 0) is 0 Å². The summed E-state index contributed by atoms with van der Waals surface area (Å²) in [4.78, 5) is 21.0. The largest absolute Gasteiger partial charge is 0.465 e. The molecule has 2 atom stereocenters. The maximum Gasteiger partial charge on any atom is 0.404 e. The fourth-order valence-corrected chi connectivity index (χ4v) is 1.68. The minimum atomic E-state index is -1.08. The molecule has 6 nitrogen and oxygen atoms in total. The van der Waals surface area contributed by atoms with Gasteiger partial charge in [0.1, 0.15) is 0 Å². The van der Waals surface area contributed by atoms with Gasteiger partial charge >= 0.3 is 12.2 Å². The smallest absolute Gasteiger partial charge is 0.404 e. The van der Waals surface area contributed by atoms with Gasteiger partial charge in [-0.1, -0.05) is 20.3 Å². The van der Waals surface area contributed by atoms with Crippen molar-refractivity contribution < 1.29 is 19.8 Å². The molecule has 16 heavy (non-hydrogen) atoms. The molecule has 2 unspecified atom stereocenters. The number of carbonyl (C=O) groups is 2. The van der Waals surface area contributed by atoms with Crippen LogP contribution in [0, 0.1) is 5.92 Å². The van der Waals surface area contributed by atoms with Gasteiger partial charge in [-0.15, -0.1) is 0 Å². The van der Waals surface area contributed by atoms with E-state index in [0.29, 0.717) is 6.42 Å². The maximum atomic E-state index is 10.6. The van der Waals surface area contributed by atoms with Gasteiger partial charge in [0, 0.05) is 12.6 Å². The Bertz CT molecular complexity index is 233. The van der Waals surface area contributed by atoms with Crippen molar-refractivity contribution in [2.24, 2.45) is 5.92 Å². The first-order valence-corrected chi connectivity index (χ1v) is 5.47. The lowest BCUT2D eigenvalue weighted by Crippen LogP contribution is -2.44. The average molecular weight is 232 g/mol. The van der Waals surface area contributed by atoms with E-state index in [1.807, 2.05) is 13.8 Å². The molecule has 0 saturated carbocycles. The highest BCUT2D eigenvalue weighted by atomic mass is 16.4. The van der Waals surface area contributed by atoms with E-state index in [1.54, 1.807) is 0 Å². The molecule has 0 bridgehead atoms. The topological polar surface area (TPSA) is 98.7 Å². The first-order valence-electron chi connectivity index (χ1n) is 5.47. The summed E-state index contributed by atoms with van der Waals surface area (Å²) in [6.07, 6.45) is 0.155. The van der Waals surface area contributed by atoms with E-state index >= 15 is 0 Å². The average Bonchev–Trinajstić information content (AvgIpc) is 2.17. The Labute approximate surface area is 95.0 Å². The lowest BCUT2D eigenvalue weighted by molar-refractivity contribution is 0.178. The van der Waals surface area contributed by atoms with Crippen LogP contribution in [0.25, 0.3) is 0 Å². The number of nitrogens with one attached hydrogen (secondary N) is 2. The van der Waals surface area contributed by atoms with Crippen molar-refractivity contribution in [1.29, 1.82) is 0 Å². The molecule has 4 N–H and O–H groups in total. The van der Waals surface area contributed by atoms with E-state index in [2.05, 4.69) is 10.6 Å². The summed E-state index contributed by atoms with van der Waals surface area (Å²) in [5, 5.41) is 21.9. The lowest BCUT2D eigenvalue weighted by atomic mass is 9.93. The Balaban J connectivity index is 4.31. The van der Waals surface area contributed by atoms with Crippen LogP contribution in [0.2, 0.25) is 0 Å². The van der Waals surface area contributed by atoms with Crippen molar-refractivity contribution >= 4 is 12.2 Å². The van der Waals surface area contributed by atoms with Gasteiger partial charge in [0.05, 0.1) is 0 Å². The van der Waals surface area contributed by atoms with Gasteiger partial charge in [-0.2, -0.15) is 0 Å². The fourth-order valence-electron chi connectivity index (χ4n) is 1.68. The summed E-state index contributed by atoms with van der Waals surface area (Å²) in [6.45, 7) is 4.16. The molecular weight excluding hydrogens is 212 g/mol. The molecule has 0 aromatic carbocycles. The molecule has 0 rings (SSSR count). The molecule has 0 aliphatic rings. The van der Waals surface area contributed by atoms with Crippen molar-refractivity contribution in [3.05, 3.63) is 0 Å². The van der Waals surface area contributed by atoms with Crippen molar-refractivity contribution in [3.63, 3.8) is 0 Å². The molecule has 0 aromatic rings. The van der Waals surface area contributed by atoms with Crippen LogP contribution in [0.3, 0.4) is 0 Å². The van der Waals surface area contributed by atoms with Gasteiger partial charge in [0.2, 0.25) is 0 Å². The summed E-state index contributed by atoms with van der Waals surface area (Å²) in [6, 6.07) is -0.195.